The average molecular weight is 583 g/mol. The number of halogens is 1. The van der Waals surface area contributed by atoms with Crippen LogP contribution in [0.25, 0.3) is 0 Å². The van der Waals surface area contributed by atoms with Crippen molar-refractivity contribution in [3.05, 3.63) is 70.3 Å². The number of aliphatic hydroxyl groups excluding tert-OH is 1. The van der Waals surface area contributed by atoms with Crippen molar-refractivity contribution in [1.82, 2.24) is 4.90 Å². The standard InChI is InChI=1S/C32H39ClN2O6/c1-34-14-4-3-7-28(36)26-12-9-22(26)19-35-15-5-2-6-21-16-25(33)11-8-23(21)20-41-29-13-10-24(17-27(29)35)32(40,31(38)39)18-30(34)37/h3,7-8,10-11,13,16-17,22,26,28,36,40H,2,4-6,9,12,14-15,18-20H2,1H3,(H,38,39)/b7-3+/t22-,26+,28-,32+/m0/s1. The van der Waals surface area contributed by atoms with E-state index in [2.05, 4.69) is 4.90 Å². The van der Waals surface area contributed by atoms with E-state index in [1.54, 1.807) is 25.2 Å². The van der Waals surface area contributed by atoms with Gasteiger partial charge < -0.3 is 29.9 Å². The van der Waals surface area contributed by atoms with E-state index >= 15 is 0 Å². The Morgan fingerprint density at radius 3 is 2.68 bits per heavy atom. The van der Waals surface area contributed by atoms with Crippen LogP contribution in [0.15, 0.2) is 48.6 Å². The molecule has 0 aromatic heterocycles. The number of aliphatic hydroxyl groups is 2. The second kappa shape index (κ2) is 12.4. The van der Waals surface area contributed by atoms with Crippen LogP contribution in [0.5, 0.6) is 5.75 Å². The number of fused-ring (bicyclic) bond motifs is 3. The highest BCUT2D eigenvalue weighted by molar-refractivity contribution is 6.30. The highest BCUT2D eigenvalue weighted by Gasteiger charge is 2.42. The van der Waals surface area contributed by atoms with Crippen molar-refractivity contribution in [2.75, 3.05) is 31.6 Å². The Morgan fingerprint density at radius 1 is 1.10 bits per heavy atom. The van der Waals surface area contributed by atoms with Crippen LogP contribution in [0.1, 0.15) is 55.2 Å². The van der Waals surface area contributed by atoms with E-state index in [-0.39, 0.29) is 17.4 Å². The zero-order valence-electron chi connectivity index (χ0n) is 23.5. The molecule has 0 unspecified atom stereocenters. The molecule has 0 radical (unpaired) electrons. The number of hydrogen-bond donors (Lipinski definition) is 3. The van der Waals surface area contributed by atoms with Crippen LogP contribution >= 0.6 is 11.6 Å². The number of carboxylic acid groups (broad SMARTS) is 1. The van der Waals surface area contributed by atoms with E-state index in [9.17, 15) is 24.9 Å². The summed E-state index contributed by atoms with van der Waals surface area (Å²) in [5.74, 6) is -1.01. The van der Waals surface area contributed by atoms with E-state index in [1.807, 2.05) is 30.4 Å². The molecular formula is C32H39ClN2O6. The topological polar surface area (TPSA) is 111 Å². The number of nitrogens with zero attached hydrogens (tertiary/aromatic N) is 2. The molecule has 2 aromatic carbocycles. The normalized spacial score (nSPS) is 28.3. The number of aliphatic carboxylic acids is 1. The fourth-order valence-electron chi connectivity index (χ4n) is 6.18. The second-order valence-corrected chi connectivity index (χ2v) is 12.1. The summed E-state index contributed by atoms with van der Waals surface area (Å²) in [7, 11) is 1.59. The lowest BCUT2D eigenvalue weighted by Crippen LogP contribution is -2.44. The molecule has 220 valence electrons. The van der Waals surface area contributed by atoms with E-state index < -0.39 is 30.0 Å². The van der Waals surface area contributed by atoms with Gasteiger partial charge in [0.15, 0.2) is 5.60 Å². The third kappa shape index (κ3) is 6.40. The van der Waals surface area contributed by atoms with Crippen molar-refractivity contribution < 1.29 is 29.6 Å². The van der Waals surface area contributed by atoms with Crippen LogP contribution in [0.2, 0.25) is 5.02 Å². The Balaban J connectivity index is 1.58. The molecule has 9 heteroatoms. The minimum Gasteiger partial charge on any atom is -0.487 e. The number of benzene rings is 2. The lowest BCUT2D eigenvalue weighted by atomic mass is 9.70. The van der Waals surface area contributed by atoms with E-state index in [1.165, 1.54) is 4.90 Å². The third-order valence-electron chi connectivity index (χ3n) is 8.97. The second-order valence-electron chi connectivity index (χ2n) is 11.7. The molecule has 4 atom stereocenters. The molecule has 2 bridgehead atoms. The van der Waals surface area contributed by atoms with Crippen LogP contribution in [-0.4, -0.2) is 64.9 Å². The van der Waals surface area contributed by atoms with Gasteiger partial charge in [0.05, 0.1) is 18.2 Å². The van der Waals surface area contributed by atoms with Gasteiger partial charge in [-0.1, -0.05) is 35.9 Å². The summed E-state index contributed by atoms with van der Waals surface area (Å²) < 4.78 is 6.37. The Labute approximate surface area is 246 Å². The van der Waals surface area contributed by atoms with Gasteiger partial charge in [-0.05, 0) is 91.3 Å². The molecule has 5 rings (SSSR count). The summed E-state index contributed by atoms with van der Waals surface area (Å²) in [5.41, 5.74) is 0.606. The van der Waals surface area contributed by atoms with Gasteiger partial charge in [0.1, 0.15) is 12.4 Å². The largest absolute Gasteiger partial charge is 0.487 e. The predicted octanol–water partition coefficient (Wildman–Crippen LogP) is 4.53. The number of hydrogen-bond acceptors (Lipinski definition) is 6. The van der Waals surface area contributed by atoms with E-state index in [4.69, 9.17) is 16.3 Å². The van der Waals surface area contributed by atoms with Crippen LogP contribution in [0.4, 0.5) is 5.69 Å². The van der Waals surface area contributed by atoms with Crippen LogP contribution in [0, 0.1) is 11.8 Å². The molecule has 1 aliphatic carbocycles. The van der Waals surface area contributed by atoms with E-state index in [0.29, 0.717) is 49.1 Å². The van der Waals surface area contributed by atoms with Gasteiger partial charge in [0.25, 0.3) is 0 Å². The molecule has 1 saturated carbocycles. The lowest BCUT2D eigenvalue weighted by Gasteiger charge is -2.43. The SMILES string of the molecule is CN1CC/C=C/[C@H](O)[C@@H]2CC[C@H]2CN2CCCCc3cc(Cl)ccc3COc3ccc(cc32)[C@@](O)(C(=O)O)CC1=O. The van der Waals surface area contributed by atoms with Gasteiger partial charge in [-0.2, -0.15) is 0 Å². The van der Waals surface area contributed by atoms with Crippen molar-refractivity contribution in [1.29, 1.82) is 0 Å². The number of aryl methyl sites for hydroxylation is 1. The van der Waals surface area contributed by atoms with Crippen molar-refractivity contribution in [2.24, 2.45) is 11.8 Å². The van der Waals surface area contributed by atoms with Gasteiger partial charge in [0, 0.05) is 31.7 Å². The van der Waals surface area contributed by atoms with Crippen LogP contribution < -0.4 is 9.64 Å². The molecule has 41 heavy (non-hydrogen) atoms. The summed E-state index contributed by atoms with van der Waals surface area (Å²) in [6, 6.07) is 10.7. The maximum atomic E-state index is 13.0. The first-order valence-corrected chi connectivity index (χ1v) is 14.9. The van der Waals surface area contributed by atoms with Gasteiger partial charge in [-0.25, -0.2) is 4.79 Å². The first kappa shape index (κ1) is 29.4. The molecule has 1 amide bonds. The number of anilines is 1. The number of carbonyl (C=O) groups excluding carboxylic acids is 1. The van der Waals surface area contributed by atoms with Gasteiger partial charge >= 0.3 is 5.97 Å². The maximum Gasteiger partial charge on any atom is 0.340 e. The monoisotopic (exact) mass is 582 g/mol. The van der Waals surface area contributed by atoms with Crippen molar-refractivity contribution in [3.63, 3.8) is 0 Å². The lowest BCUT2D eigenvalue weighted by molar-refractivity contribution is -0.164. The summed E-state index contributed by atoms with van der Waals surface area (Å²) in [5, 5.41) is 33.3. The number of amides is 1. The Hall–Kier alpha value is -3.07. The molecule has 0 spiro atoms. The highest BCUT2D eigenvalue weighted by atomic mass is 35.5. The maximum absolute atomic E-state index is 13.0. The summed E-state index contributed by atoms with van der Waals surface area (Å²) in [6.07, 6.45) is 7.65. The molecule has 2 aromatic rings. The van der Waals surface area contributed by atoms with Crippen molar-refractivity contribution in [3.8, 4) is 5.75 Å². The fraction of sp³-hybridized carbons (Fsp3) is 0.500. The summed E-state index contributed by atoms with van der Waals surface area (Å²) in [4.78, 5) is 29.1. The number of rotatable bonds is 1. The number of carboxylic acids is 1. The van der Waals surface area contributed by atoms with E-state index in [0.717, 1.165) is 43.2 Å². The molecule has 2 aliphatic heterocycles. The molecule has 1 fully saturated rings. The zero-order valence-corrected chi connectivity index (χ0v) is 24.2. The van der Waals surface area contributed by atoms with Crippen molar-refractivity contribution >= 4 is 29.2 Å². The Kier molecular flexibility index (Phi) is 8.92. The van der Waals surface area contributed by atoms with Crippen LogP contribution in [0.3, 0.4) is 0 Å². The summed E-state index contributed by atoms with van der Waals surface area (Å²) in [6.45, 7) is 2.03. The van der Waals surface area contributed by atoms with Gasteiger partial charge in [-0.3, -0.25) is 4.79 Å². The fourth-order valence-corrected chi connectivity index (χ4v) is 6.37. The van der Waals surface area contributed by atoms with Gasteiger partial charge in [-0.15, -0.1) is 0 Å². The van der Waals surface area contributed by atoms with Crippen LogP contribution in [-0.2, 0) is 28.2 Å². The minimum absolute atomic E-state index is 0.117. The first-order valence-electron chi connectivity index (χ1n) is 14.5. The molecule has 8 nitrogen and oxygen atoms in total. The minimum atomic E-state index is -2.40. The predicted molar refractivity (Wildman–Crippen MR) is 157 cm³/mol. The number of carbonyl (C=O) groups is 2. The Morgan fingerprint density at radius 2 is 1.93 bits per heavy atom. The van der Waals surface area contributed by atoms with Crippen molar-refractivity contribution in [2.45, 2.75) is 63.3 Å². The summed E-state index contributed by atoms with van der Waals surface area (Å²) >= 11 is 6.29. The molecule has 3 N–H and O–H groups in total. The highest BCUT2D eigenvalue weighted by Crippen LogP contribution is 2.42. The van der Waals surface area contributed by atoms with Gasteiger partial charge in [0.2, 0.25) is 5.91 Å². The smallest absolute Gasteiger partial charge is 0.340 e. The molecule has 0 saturated heterocycles. The molecule has 3 aliphatic rings. The third-order valence-corrected chi connectivity index (χ3v) is 9.21. The molecular weight excluding hydrogens is 544 g/mol. The zero-order chi connectivity index (χ0) is 29.1. The average Bonchev–Trinajstić information content (AvgIpc) is 2.95. The number of ether oxygens (including phenoxy) is 1. The quantitative estimate of drug-likeness (QED) is 0.424. The molecule has 2 heterocycles. The first-order chi connectivity index (χ1) is 19.7. The Bertz CT molecular complexity index is 1320.